The lowest BCUT2D eigenvalue weighted by Crippen LogP contribution is -2.26. The second-order valence-electron chi connectivity index (χ2n) is 4.22. The smallest absolute Gasteiger partial charge is 0.259 e. The van der Waals surface area contributed by atoms with E-state index in [0.29, 0.717) is 17.9 Å². The normalized spacial score (nSPS) is 12.9. The Bertz CT molecular complexity index is 528. The van der Waals surface area contributed by atoms with E-state index in [2.05, 4.69) is 15.1 Å². The number of hydrogen-bond donors (Lipinski definition) is 1. The second-order valence-corrected chi connectivity index (χ2v) is 4.22. The minimum absolute atomic E-state index is 0.214. The lowest BCUT2D eigenvalue weighted by molar-refractivity contribution is 0.357. The Kier molecular flexibility index (Phi) is 3.63. The molecule has 0 aromatic carbocycles. The molecule has 2 heterocycles. The predicted molar refractivity (Wildman–Crippen MR) is 63.0 cm³/mol. The SMILES string of the molecule is CN(C)CC(N)c1noc(-c2cncc(F)c2)n1. The van der Waals surface area contributed by atoms with Crippen LogP contribution in [-0.2, 0) is 0 Å². The minimum atomic E-state index is -0.454. The van der Waals surface area contributed by atoms with Gasteiger partial charge in [-0.25, -0.2) is 4.39 Å². The Balaban J connectivity index is 2.20. The maximum Gasteiger partial charge on any atom is 0.259 e. The summed E-state index contributed by atoms with van der Waals surface area (Å²) in [6.07, 6.45) is 2.57. The number of rotatable bonds is 4. The maximum absolute atomic E-state index is 13.0. The molecule has 0 aliphatic heterocycles. The zero-order valence-electron chi connectivity index (χ0n) is 10.2. The molecule has 2 aromatic heterocycles. The lowest BCUT2D eigenvalue weighted by atomic mass is 10.2. The van der Waals surface area contributed by atoms with Gasteiger partial charge >= 0.3 is 0 Å². The highest BCUT2D eigenvalue weighted by molar-refractivity contribution is 5.50. The van der Waals surface area contributed by atoms with Crippen LogP contribution >= 0.6 is 0 Å². The van der Waals surface area contributed by atoms with Crippen LogP contribution in [0.5, 0.6) is 0 Å². The Morgan fingerprint density at radius 2 is 2.22 bits per heavy atom. The highest BCUT2D eigenvalue weighted by atomic mass is 19.1. The van der Waals surface area contributed by atoms with E-state index in [1.165, 1.54) is 12.3 Å². The molecule has 1 atom stereocenters. The molecule has 2 rings (SSSR count). The van der Waals surface area contributed by atoms with Gasteiger partial charge in [-0.3, -0.25) is 4.98 Å². The number of halogens is 1. The molecule has 0 aliphatic rings. The number of nitrogens with two attached hydrogens (primary N) is 1. The third kappa shape index (κ3) is 2.88. The first-order chi connectivity index (χ1) is 8.56. The van der Waals surface area contributed by atoms with E-state index in [-0.39, 0.29) is 11.9 Å². The molecular formula is C11H14FN5O. The zero-order chi connectivity index (χ0) is 13.1. The van der Waals surface area contributed by atoms with Crippen LogP contribution in [0, 0.1) is 5.82 Å². The van der Waals surface area contributed by atoms with Crippen LogP contribution in [0.25, 0.3) is 11.5 Å². The van der Waals surface area contributed by atoms with Crippen molar-refractivity contribution >= 4 is 0 Å². The number of likely N-dealkylation sites (N-methyl/N-ethyl adjacent to an activating group) is 1. The summed E-state index contributed by atoms with van der Waals surface area (Å²) in [5, 5.41) is 3.79. The average Bonchev–Trinajstić information content (AvgIpc) is 2.77. The fourth-order valence-electron chi connectivity index (χ4n) is 1.51. The molecule has 1 unspecified atom stereocenters. The van der Waals surface area contributed by atoms with Crippen LogP contribution in [0.1, 0.15) is 11.9 Å². The molecule has 7 heteroatoms. The highest BCUT2D eigenvalue weighted by Crippen LogP contribution is 2.18. The molecular weight excluding hydrogens is 237 g/mol. The van der Waals surface area contributed by atoms with Gasteiger partial charge in [0.1, 0.15) is 5.82 Å². The molecule has 0 radical (unpaired) electrons. The van der Waals surface area contributed by atoms with Crippen molar-refractivity contribution in [2.24, 2.45) is 5.73 Å². The predicted octanol–water partition coefficient (Wildman–Crippen LogP) is 0.832. The van der Waals surface area contributed by atoms with Crippen molar-refractivity contribution in [3.8, 4) is 11.5 Å². The van der Waals surface area contributed by atoms with Crippen molar-refractivity contribution in [2.45, 2.75) is 6.04 Å². The van der Waals surface area contributed by atoms with E-state index in [0.717, 1.165) is 6.20 Å². The van der Waals surface area contributed by atoms with Crippen molar-refractivity contribution in [2.75, 3.05) is 20.6 Å². The Morgan fingerprint density at radius 1 is 1.44 bits per heavy atom. The summed E-state index contributed by atoms with van der Waals surface area (Å²) >= 11 is 0. The average molecular weight is 251 g/mol. The molecule has 18 heavy (non-hydrogen) atoms. The van der Waals surface area contributed by atoms with Crippen LogP contribution in [0.3, 0.4) is 0 Å². The standard InChI is InChI=1S/C11H14FN5O/c1-17(2)6-9(13)10-15-11(18-16-10)7-3-8(12)5-14-4-7/h3-5,9H,6,13H2,1-2H3. The summed E-state index contributed by atoms with van der Waals surface area (Å²) < 4.78 is 18.0. The number of hydrogen-bond acceptors (Lipinski definition) is 6. The summed E-state index contributed by atoms with van der Waals surface area (Å²) in [6.45, 7) is 0.598. The van der Waals surface area contributed by atoms with E-state index < -0.39 is 5.82 Å². The van der Waals surface area contributed by atoms with E-state index in [9.17, 15) is 4.39 Å². The fourth-order valence-corrected chi connectivity index (χ4v) is 1.51. The van der Waals surface area contributed by atoms with Gasteiger partial charge in [-0.1, -0.05) is 5.16 Å². The largest absolute Gasteiger partial charge is 0.334 e. The maximum atomic E-state index is 13.0. The van der Waals surface area contributed by atoms with Gasteiger partial charge in [0.05, 0.1) is 17.8 Å². The van der Waals surface area contributed by atoms with E-state index in [1.807, 2.05) is 19.0 Å². The second kappa shape index (κ2) is 5.19. The summed E-state index contributed by atoms with van der Waals surface area (Å²) in [7, 11) is 3.80. The summed E-state index contributed by atoms with van der Waals surface area (Å²) in [5.41, 5.74) is 6.34. The molecule has 0 fully saturated rings. The molecule has 0 amide bonds. The van der Waals surface area contributed by atoms with Crippen LogP contribution in [0.4, 0.5) is 4.39 Å². The molecule has 2 N–H and O–H groups in total. The number of aromatic nitrogens is 3. The summed E-state index contributed by atoms with van der Waals surface area (Å²) in [6, 6.07) is 0.931. The van der Waals surface area contributed by atoms with Gasteiger partial charge in [0, 0.05) is 12.7 Å². The van der Waals surface area contributed by atoms with Gasteiger partial charge in [0.2, 0.25) is 0 Å². The highest BCUT2D eigenvalue weighted by Gasteiger charge is 2.16. The number of nitrogens with zero attached hydrogens (tertiary/aromatic N) is 4. The zero-order valence-corrected chi connectivity index (χ0v) is 10.2. The van der Waals surface area contributed by atoms with Crippen molar-refractivity contribution < 1.29 is 8.91 Å². The Hall–Kier alpha value is -1.86. The molecule has 0 saturated heterocycles. The summed E-state index contributed by atoms with van der Waals surface area (Å²) in [4.78, 5) is 9.78. The van der Waals surface area contributed by atoms with Crippen molar-refractivity contribution in [3.05, 3.63) is 30.1 Å². The van der Waals surface area contributed by atoms with Crippen LogP contribution in [0.15, 0.2) is 23.0 Å². The summed E-state index contributed by atoms with van der Waals surface area (Å²) in [5.74, 6) is 0.152. The molecule has 0 bridgehead atoms. The van der Waals surface area contributed by atoms with Crippen LogP contribution < -0.4 is 5.73 Å². The molecule has 6 nitrogen and oxygen atoms in total. The van der Waals surface area contributed by atoms with Crippen LogP contribution in [-0.4, -0.2) is 40.7 Å². The van der Waals surface area contributed by atoms with Gasteiger partial charge in [0.25, 0.3) is 5.89 Å². The van der Waals surface area contributed by atoms with Crippen LogP contribution in [0.2, 0.25) is 0 Å². The Morgan fingerprint density at radius 3 is 2.89 bits per heavy atom. The van der Waals surface area contributed by atoms with E-state index >= 15 is 0 Å². The van der Waals surface area contributed by atoms with Crippen molar-refractivity contribution in [1.82, 2.24) is 20.0 Å². The van der Waals surface area contributed by atoms with Crippen molar-refractivity contribution in [1.29, 1.82) is 0 Å². The lowest BCUT2D eigenvalue weighted by Gasteiger charge is -2.12. The van der Waals surface area contributed by atoms with E-state index in [1.54, 1.807) is 0 Å². The van der Waals surface area contributed by atoms with Crippen molar-refractivity contribution in [3.63, 3.8) is 0 Å². The van der Waals surface area contributed by atoms with E-state index in [4.69, 9.17) is 10.3 Å². The first-order valence-corrected chi connectivity index (χ1v) is 5.41. The minimum Gasteiger partial charge on any atom is -0.334 e. The first kappa shape index (κ1) is 12.6. The van der Waals surface area contributed by atoms with Gasteiger partial charge in [0.15, 0.2) is 5.82 Å². The molecule has 96 valence electrons. The van der Waals surface area contributed by atoms with Gasteiger partial charge in [-0.2, -0.15) is 4.98 Å². The van der Waals surface area contributed by atoms with Gasteiger partial charge in [-0.05, 0) is 20.2 Å². The molecule has 0 spiro atoms. The quantitative estimate of drug-likeness (QED) is 0.866. The Labute approximate surface area is 104 Å². The monoisotopic (exact) mass is 251 g/mol. The molecule has 2 aromatic rings. The first-order valence-electron chi connectivity index (χ1n) is 5.41. The van der Waals surface area contributed by atoms with Gasteiger partial charge in [-0.15, -0.1) is 0 Å². The fraction of sp³-hybridized carbons (Fsp3) is 0.364. The molecule has 0 saturated carbocycles. The third-order valence-electron chi connectivity index (χ3n) is 2.29. The molecule has 0 aliphatic carbocycles. The number of pyridine rings is 1. The topological polar surface area (TPSA) is 81.1 Å². The van der Waals surface area contributed by atoms with Gasteiger partial charge < -0.3 is 15.2 Å². The third-order valence-corrected chi connectivity index (χ3v) is 2.29.